The Kier molecular flexibility index (Phi) is 5.52. The highest BCUT2D eigenvalue weighted by Gasteiger charge is 2.52. The first kappa shape index (κ1) is 22.4. The Bertz CT molecular complexity index is 1050. The molecular formula is C26H31BO3S. The predicted octanol–water partition coefficient (Wildman–Crippen LogP) is 6.29. The molecule has 3 nitrogen and oxygen atoms in total. The van der Waals surface area contributed by atoms with Gasteiger partial charge in [-0.1, -0.05) is 74.1 Å². The summed E-state index contributed by atoms with van der Waals surface area (Å²) < 4.78 is 12.6. The van der Waals surface area contributed by atoms with E-state index in [0.29, 0.717) is 5.75 Å². The molecule has 0 aromatic heterocycles. The lowest BCUT2D eigenvalue weighted by Crippen LogP contribution is -2.41. The third-order valence-electron chi connectivity index (χ3n) is 6.96. The molecule has 2 aromatic carbocycles. The number of fused-ring (bicyclic) bond motifs is 3. The van der Waals surface area contributed by atoms with E-state index in [9.17, 15) is 4.79 Å². The summed E-state index contributed by atoms with van der Waals surface area (Å²) in [4.78, 5) is 11.7. The number of hydrogen-bond acceptors (Lipinski definition) is 4. The van der Waals surface area contributed by atoms with E-state index in [-0.39, 0.29) is 10.5 Å². The summed E-state index contributed by atoms with van der Waals surface area (Å²) in [6.45, 7) is 14.4. The van der Waals surface area contributed by atoms with Crippen LogP contribution in [0.15, 0.2) is 47.9 Å². The molecule has 0 bridgehead atoms. The van der Waals surface area contributed by atoms with Gasteiger partial charge in [0.25, 0.3) is 0 Å². The van der Waals surface area contributed by atoms with Crippen molar-refractivity contribution >= 4 is 30.1 Å². The van der Waals surface area contributed by atoms with Crippen LogP contribution < -0.4 is 0 Å². The zero-order chi connectivity index (χ0) is 22.6. The zero-order valence-electron chi connectivity index (χ0n) is 19.5. The van der Waals surface area contributed by atoms with Gasteiger partial charge >= 0.3 is 7.12 Å². The molecule has 162 valence electrons. The smallest absolute Gasteiger partial charge is 0.400 e. The highest BCUT2D eigenvalue weighted by atomic mass is 32.2. The van der Waals surface area contributed by atoms with Gasteiger partial charge in [-0.05, 0) is 61.0 Å². The third kappa shape index (κ3) is 3.92. The Labute approximate surface area is 190 Å². The maximum atomic E-state index is 11.7. The van der Waals surface area contributed by atoms with Crippen molar-refractivity contribution in [1.29, 1.82) is 0 Å². The second kappa shape index (κ2) is 7.65. The SMILES string of the molecule is CC(=O)SCC(=Cc1ccc2c(c1)C(C)(C)c1ccccc1-2)B1OC(C)(C)C(C)(C)O1. The molecule has 1 fully saturated rings. The van der Waals surface area contributed by atoms with Crippen LogP contribution in [0.3, 0.4) is 0 Å². The predicted molar refractivity (Wildman–Crippen MR) is 131 cm³/mol. The van der Waals surface area contributed by atoms with Gasteiger partial charge in [0.2, 0.25) is 0 Å². The summed E-state index contributed by atoms with van der Waals surface area (Å²) in [5, 5.41) is 0.0907. The Morgan fingerprint density at radius 1 is 0.935 bits per heavy atom. The lowest BCUT2D eigenvalue weighted by Gasteiger charge is -2.32. The Balaban J connectivity index is 1.73. The topological polar surface area (TPSA) is 35.5 Å². The van der Waals surface area contributed by atoms with Crippen LogP contribution in [-0.4, -0.2) is 29.2 Å². The first-order chi connectivity index (χ1) is 14.4. The van der Waals surface area contributed by atoms with Crippen LogP contribution in [0.1, 0.15) is 65.2 Å². The minimum Gasteiger partial charge on any atom is -0.400 e. The molecule has 2 aliphatic rings. The normalized spacial score (nSPS) is 20.5. The molecule has 0 unspecified atom stereocenters. The fourth-order valence-corrected chi connectivity index (χ4v) is 4.97. The molecule has 0 saturated carbocycles. The van der Waals surface area contributed by atoms with Crippen LogP contribution in [0.2, 0.25) is 0 Å². The quantitative estimate of drug-likeness (QED) is 0.530. The first-order valence-corrected chi connectivity index (χ1v) is 11.8. The van der Waals surface area contributed by atoms with E-state index < -0.39 is 18.3 Å². The number of benzene rings is 2. The number of carbonyl (C=O) groups is 1. The minimum absolute atomic E-state index is 0.0472. The Morgan fingerprint density at radius 3 is 2.19 bits per heavy atom. The fourth-order valence-electron chi connectivity index (χ4n) is 4.38. The number of hydrogen-bond donors (Lipinski definition) is 0. The summed E-state index contributed by atoms with van der Waals surface area (Å²) in [6, 6.07) is 15.3. The molecular weight excluding hydrogens is 403 g/mol. The van der Waals surface area contributed by atoms with Crippen LogP contribution in [0.4, 0.5) is 0 Å². The van der Waals surface area contributed by atoms with Crippen molar-refractivity contribution in [3.8, 4) is 11.1 Å². The summed E-state index contributed by atoms with van der Waals surface area (Å²) in [5.41, 5.74) is 6.51. The molecule has 1 aliphatic heterocycles. The molecule has 0 radical (unpaired) electrons. The molecule has 4 rings (SSSR count). The van der Waals surface area contributed by atoms with Crippen LogP contribution >= 0.6 is 11.8 Å². The molecule has 0 spiro atoms. The summed E-state index contributed by atoms with van der Waals surface area (Å²) in [5.74, 6) is 0.548. The average Bonchev–Trinajstić information content (AvgIpc) is 3.05. The third-order valence-corrected chi connectivity index (χ3v) is 7.84. The standard InChI is InChI=1S/C26H31BO3S/c1-17(28)31-16-19(27-29-25(4,5)26(6,7)30-27)14-18-12-13-21-20-10-8-9-11-22(20)24(2,3)23(21)15-18/h8-15H,16H2,1-7H3. The minimum atomic E-state index is -0.463. The van der Waals surface area contributed by atoms with Gasteiger partial charge < -0.3 is 9.31 Å². The molecule has 0 N–H and O–H groups in total. The van der Waals surface area contributed by atoms with E-state index in [0.717, 1.165) is 11.0 Å². The van der Waals surface area contributed by atoms with Crippen LogP contribution in [0.25, 0.3) is 17.2 Å². The van der Waals surface area contributed by atoms with Gasteiger partial charge in [-0.15, -0.1) is 0 Å². The van der Waals surface area contributed by atoms with Crippen LogP contribution in [0, 0.1) is 0 Å². The van der Waals surface area contributed by atoms with E-state index in [1.165, 1.54) is 34.0 Å². The van der Waals surface area contributed by atoms with Gasteiger partial charge in [0.15, 0.2) is 5.12 Å². The summed E-state index contributed by atoms with van der Waals surface area (Å²) >= 11 is 1.29. The molecule has 1 heterocycles. The van der Waals surface area contributed by atoms with Crippen molar-refractivity contribution in [1.82, 2.24) is 0 Å². The van der Waals surface area contributed by atoms with Crippen molar-refractivity contribution in [3.05, 3.63) is 64.6 Å². The van der Waals surface area contributed by atoms with Crippen molar-refractivity contribution in [3.63, 3.8) is 0 Å². The fraction of sp³-hybridized carbons (Fsp3) is 0.423. The highest BCUT2D eigenvalue weighted by Crippen LogP contribution is 2.49. The van der Waals surface area contributed by atoms with Gasteiger partial charge in [-0.2, -0.15) is 0 Å². The maximum Gasteiger partial charge on any atom is 0.491 e. The number of rotatable bonds is 4. The van der Waals surface area contributed by atoms with Crippen LogP contribution in [-0.2, 0) is 19.5 Å². The van der Waals surface area contributed by atoms with Crippen LogP contribution in [0.5, 0.6) is 0 Å². The Hall–Kier alpha value is -1.82. The molecule has 1 saturated heterocycles. The largest absolute Gasteiger partial charge is 0.491 e. The van der Waals surface area contributed by atoms with Gasteiger partial charge in [-0.3, -0.25) is 4.79 Å². The molecule has 1 aliphatic carbocycles. The second-order valence-corrected chi connectivity index (χ2v) is 11.2. The van der Waals surface area contributed by atoms with Crippen molar-refractivity contribution in [2.24, 2.45) is 0 Å². The Morgan fingerprint density at radius 2 is 1.55 bits per heavy atom. The van der Waals surface area contributed by atoms with E-state index in [1.54, 1.807) is 6.92 Å². The van der Waals surface area contributed by atoms with Crippen molar-refractivity contribution in [2.45, 2.75) is 65.1 Å². The number of carbonyl (C=O) groups excluding carboxylic acids is 1. The van der Waals surface area contributed by atoms with Gasteiger partial charge in [0.05, 0.1) is 11.2 Å². The maximum absolute atomic E-state index is 11.7. The number of thioether (sulfide) groups is 1. The second-order valence-electron chi connectivity index (χ2n) is 10.1. The van der Waals surface area contributed by atoms with Crippen molar-refractivity contribution < 1.29 is 14.1 Å². The average molecular weight is 434 g/mol. The molecule has 2 aromatic rings. The molecule has 0 atom stereocenters. The van der Waals surface area contributed by atoms with Gasteiger partial charge in [-0.25, -0.2) is 0 Å². The lowest BCUT2D eigenvalue weighted by molar-refractivity contribution is -0.109. The van der Waals surface area contributed by atoms with E-state index in [2.05, 4.69) is 90.1 Å². The van der Waals surface area contributed by atoms with E-state index in [1.807, 2.05) is 0 Å². The first-order valence-electron chi connectivity index (χ1n) is 10.9. The highest BCUT2D eigenvalue weighted by molar-refractivity contribution is 8.13. The molecule has 5 heteroatoms. The summed E-state index contributed by atoms with van der Waals surface area (Å²) in [6.07, 6.45) is 2.14. The van der Waals surface area contributed by atoms with E-state index in [4.69, 9.17) is 9.31 Å². The van der Waals surface area contributed by atoms with Crippen molar-refractivity contribution in [2.75, 3.05) is 5.75 Å². The summed E-state index contributed by atoms with van der Waals surface area (Å²) in [7, 11) is -0.463. The van der Waals surface area contributed by atoms with Gasteiger partial charge in [0, 0.05) is 18.1 Å². The monoisotopic (exact) mass is 434 g/mol. The van der Waals surface area contributed by atoms with Gasteiger partial charge in [0.1, 0.15) is 0 Å². The molecule has 31 heavy (non-hydrogen) atoms. The van der Waals surface area contributed by atoms with E-state index >= 15 is 0 Å². The molecule has 0 amide bonds. The zero-order valence-corrected chi connectivity index (χ0v) is 20.4. The lowest BCUT2D eigenvalue weighted by atomic mass is 9.77.